The van der Waals surface area contributed by atoms with E-state index in [1.807, 2.05) is 48.3 Å². The number of methoxy groups -OCH3 is 2. The normalized spacial score (nSPS) is 12.1. The lowest BCUT2D eigenvalue weighted by Crippen LogP contribution is -2.51. The lowest BCUT2D eigenvalue weighted by molar-refractivity contribution is -0.147. The molecule has 6 amide bonds. The maximum atomic E-state index is 12.3. The molecule has 6 atom stereocenters. The Hall–Kier alpha value is -6.71. The van der Waals surface area contributed by atoms with Gasteiger partial charge in [-0.15, -0.1) is 0 Å². The minimum absolute atomic E-state index is 0. The summed E-state index contributed by atoms with van der Waals surface area (Å²) in [5.41, 5.74) is 8.95. The van der Waals surface area contributed by atoms with Gasteiger partial charge < -0.3 is 91.6 Å². The minimum atomic E-state index is -0.944. The summed E-state index contributed by atoms with van der Waals surface area (Å²) >= 11 is 0. The van der Waals surface area contributed by atoms with Crippen molar-refractivity contribution in [3.05, 3.63) is 0 Å². The Balaban J connectivity index is -0.000000124. The molecule has 0 aliphatic carbocycles. The highest BCUT2D eigenvalue weighted by molar-refractivity contribution is 6.57. The molecule has 0 heterocycles. The lowest BCUT2D eigenvalue weighted by atomic mass is 9.49. The number of hydrogen-bond acceptors (Lipinski definition) is 20. The van der Waals surface area contributed by atoms with Crippen molar-refractivity contribution < 1.29 is 96.2 Å². The molecule has 0 saturated carbocycles. The molecule has 0 aliphatic rings. The Bertz CT molecular complexity index is 2190. The molecule has 0 spiro atoms. The summed E-state index contributed by atoms with van der Waals surface area (Å²) < 4.78 is 29.6. The molecule has 0 aromatic rings. The van der Waals surface area contributed by atoms with Crippen LogP contribution in [0.3, 0.4) is 0 Å². The topological polar surface area (TPSA) is 425 Å². The second-order valence-corrected chi connectivity index (χ2v) is 27.3. The van der Waals surface area contributed by atoms with E-state index in [0.29, 0.717) is 103 Å². The second kappa shape index (κ2) is 62.5. The smallest absolute Gasteiger partial charge is 0.407 e. The number of unbranched alkanes of at least 4 members (excludes halogenated alkanes) is 4. The average Bonchev–Trinajstić information content (AvgIpc) is 1.01. The van der Waals surface area contributed by atoms with Crippen molar-refractivity contribution in [1.29, 1.82) is 0 Å². The van der Waals surface area contributed by atoms with E-state index >= 15 is 0 Å². The monoisotopic (exact) mass is 1410 g/mol. The van der Waals surface area contributed by atoms with Gasteiger partial charge in [0.15, 0.2) is 13.4 Å². The average molecular weight is 1410 g/mol. The van der Waals surface area contributed by atoms with Crippen molar-refractivity contribution in [2.75, 3.05) is 40.4 Å². The summed E-state index contributed by atoms with van der Waals surface area (Å²) in [6, 6.07) is -1.14. The van der Waals surface area contributed by atoms with Crippen LogP contribution in [0.5, 0.6) is 0 Å². The predicted octanol–water partition coefficient (Wildman–Crippen LogP) is 11.2. The minimum Gasteiger partial charge on any atom is -0.481 e. The highest BCUT2D eigenvalue weighted by atomic mass is 16.6. The van der Waals surface area contributed by atoms with Crippen LogP contribution in [0.25, 0.3) is 0 Å². The van der Waals surface area contributed by atoms with E-state index in [0.717, 1.165) is 26.2 Å². The van der Waals surface area contributed by atoms with Gasteiger partial charge in [0.05, 0.1) is 26.1 Å². The molecule has 0 saturated heterocycles. The third-order valence-corrected chi connectivity index (χ3v) is 12.1. The van der Waals surface area contributed by atoms with Gasteiger partial charge in [-0.3, -0.25) is 28.8 Å². The number of nitrogens with two attached hydrogens (primary N) is 2. The van der Waals surface area contributed by atoms with E-state index in [-0.39, 0.29) is 77.8 Å². The van der Waals surface area contributed by atoms with Gasteiger partial charge in [-0.2, -0.15) is 0 Å². The molecule has 30 heteroatoms. The number of esters is 2. The summed E-state index contributed by atoms with van der Waals surface area (Å²) in [4.78, 5) is 134. The fourth-order valence-electron chi connectivity index (χ4n) is 6.76. The molecule has 0 aromatic heterocycles. The van der Waals surface area contributed by atoms with E-state index in [2.05, 4.69) is 55.0 Å². The zero-order valence-electron chi connectivity index (χ0n) is 61.7. The van der Waals surface area contributed by atoms with Crippen LogP contribution in [0, 0.1) is 11.8 Å². The van der Waals surface area contributed by atoms with Crippen LogP contribution in [0.15, 0.2) is 0 Å². The zero-order valence-corrected chi connectivity index (χ0v) is 61.7. The summed E-state index contributed by atoms with van der Waals surface area (Å²) in [6.07, 6.45) is 6.14. The number of amides is 6. The SMILES string of the molecule is C.C.C.C.CB(C)C(C)N.CB(C)C(C)NC(=O)[C@H](CCCCNC(=O)OC(C)(C)C)NC(C)=O.CC(=O)C[C@@H](CCCCNC(=O)OC(C)(C)C)C(=O)O.CC(=O)O.COC(=O)[C@@H](N)CCCCNC(=O)OC(C)(C)C.COC(=O)[C@H](CCCCNC(=O)OC(C)(C)C)CC(C)=O. The molecule has 0 fully saturated rings. The number of carbonyl (C=O) groups is 12. The fourth-order valence-corrected chi connectivity index (χ4v) is 6.76. The number of carboxylic acids is 2. The van der Waals surface area contributed by atoms with Gasteiger partial charge in [-0.1, -0.05) is 83.7 Å². The van der Waals surface area contributed by atoms with Crippen LogP contribution in [0.1, 0.15) is 244 Å². The van der Waals surface area contributed by atoms with Crippen LogP contribution in [0.2, 0.25) is 27.3 Å². The van der Waals surface area contributed by atoms with Crippen molar-refractivity contribution in [1.82, 2.24) is 31.9 Å². The molecule has 580 valence electrons. The molecular formula is C68H142B2N8O20. The molecular weight excluding hydrogens is 1270 g/mol. The summed E-state index contributed by atoms with van der Waals surface area (Å²) in [5, 5.41) is 32.6. The predicted molar refractivity (Wildman–Crippen MR) is 394 cm³/mol. The zero-order chi connectivity index (χ0) is 74.8. The Kier molecular flexibility index (Phi) is 71.9. The lowest BCUT2D eigenvalue weighted by Gasteiger charge is -2.22. The molecule has 2 unspecified atom stereocenters. The van der Waals surface area contributed by atoms with E-state index in [9.17, 15) is 52.7 Å². The van der Waals surface area contributed by atoms with E-state index in [1.54, 1.807) is 62.3 Å². The van der Waals surface area contributed by atoms with Gasteiger partial charge >= 0.3 is 42.3 Å². The molecule has 98 heavy (non-hydrogen) atoms. The van der Waals surface area contributed by atoms with E-state index < -0.39 is 88.6 Å². The Morgan fingerprint density at radius 3 is 0.949 bits per heavy atom. The number of ketones is 2. The van der Waals surface area contributed by atoms with Crippen LogP contribution in [0.4, 0.5) is 19.2 Å². The summed E-state index contributed by atoms with van der Waals surface area (Å²) in [5.74, 6) is -3.73. The number of rotatable bonds is 32. The van der Waals surface area contributed by atoms with Gasteiger partial charge in [0.2, 0.25) is 11.8 Å². The number of carboxylic acid groups (broad SMARTS) is 2. The Morgan fingerprint density at radius 1 is 0.429 bits per heavy atom. The molecule has 12 N–H and O–H groups in total. The number of hydrogen-bond donors (Lipinski definition) is 10. The first-order chi connectivity index (χ1) is 42.8. The number of aliphatic carboxylic acids is 2. The number of nitrogens with one attached hydrogen (secondary N) is 6. The van der Waals surface area contributed by atoms with Crippen LogP contribution in [-0.2, 0) is 66.8 Å². The van der Waals surface area contributed by atoms with Crippen molar-refractivity contribution in [2.24, 2.45) is 23.3 Å². The number of Topliss-reactive ketones (excluding diaryl/α,β-unsaturated/α-hetero) is 2. The van der Waals surface area contributed by atoms with Crippen LogP contribution >= 0.6 is 0 Å². The molecule has 0 radical (unpaired) electrons. The van der Waals surface area contributed by atoms with Crippen LogP contribution in [-0.4, -0.2) is 182 Å². The maximum Gasteiger partial charge on any atom is 0.407 e. The summed E-state index contributed by atoms with van der Waals surface area (Å²) in [7, 11) is 2.63. The first-order valence-electron chi connectivity index (χ1n) is 32.4. The summed E-state index contributed by atoms with van der Waals surface area (Å²) in [6.45, 7) is 42.0. The van der Waals surface area contributed by atoms with Crippen molar-refractivity contribution >= 4 is 85.1 Å². The Morgan fingerprint density at radius 2 is 0.704 bits per heavy atom. The number of alkyl carbamates (subject to hydrolysis) is 4. The molecule has 0 bridgehead atoms. The molecule has 0 rings (SSSR count). The first-order valence-corrected chi connectivity index (χ1v) is 32.4. The maximum absolute atomic E-state index is 12.3. The first kappa shape index (κ1) is 113. The molecule has 0 aliphatic heterocycles. The van der Waals surface area contributed by atoms with Gasteiger partial charge in [-0.25, -0.2) is 19.2 Å². The number of ether oxygens (including phenoxy) is 6. The van der Waals surface area contributed by atoms with E-state index in [4.69, 9.17) is 45.4 Å². The van der Waals surface area contributed by atoms with E-state index in [1.165, 1.54) is 35.0 Å². The highest BCUT2D eigenvalue weighted by Crippen LogP contribution is 2.17. The van der Waals surface area contributed by atoms with Gasteiger partial charge in [0.25, 0.3) is 5.97 Å². The van der Waals surface area contributed by atoms with Crippen molar-refractivity contribution in [3.8, 4) is 0 Å². The largest absolute Gasteiger partial charge is 0.481 e. The van der Waals surface area contributed by atoms with Gasteiger partial charge in [-0.05, 0) is 167 Å². The highest BCUT2D eigenvalue weighted by Gasteiger charge is 2.25. The fraction of sp³-hybridized carbons (Fsp3) is 0.824. The third kappa shape index (κ3) is 87.3. The van der Waals surface area contributed by atoms with Crippen molar-refractivity contribution in [2.45, 2.75) is 318 Å². The molecule has 28 nitrogen and oxygen atoms in total. The third-order valence-electron chi connectivity index (χ3n) is 12.1. The van der Waals surface area contributed by atoms with Gasteiger partial charge in [0.1, 0.15) is 46.1 Å². The Labute approximate surface area is 592 Å². The quantitative estimate of drug-likeness (QED) is 0.0129. The molecule has 0 aromatic carbocycles. The second-order valence-electron chi connectivity index (χ2n) is 27.3. The number of carbonyl (C=O) groups excluding carboxylic acids is 10. The van der Waals surface area contributed by atoms with Crippen LogP contribution < -0.4 is 43.4 Å². The standard InChI is InChI=1S/C17H34BN3O4.C15H27NO5.C14H25NO5.C12H24N2O4.C4H12BN.C2H4O2.4CH4/c1-12(18(6)7)20-15(23)14(21-13(2)22)10-8-9-11-19-16(24)25-17(3,4)5;1-11(17)10-12(13(18)20-5)8-6-7-9-16-14(19)21-15(2,3)4;1-10(16)9-11(12(17)18)7-5-6-8-15-13(19)20-14(2,3)4;1-12(2,3)18-11(16)14-8-6-5-7-9(13)10(15)17-4;1-4(6)5(2)3;1-2(3)4;;;;/h12,14H,8-11H2,1-7H3,(H,19,24)(H,20,23)(H,21,22);12H,6-10H2,1-5H3,(H,16,19);11H,5-9H2,1-4H3,(H,15,19)(H,17,18);9H,5-8,13H2,1-4H3,(H,14,16);4H,6H2,1-3H3;1H3,(H,3,4);4*1H4/t12?,14-;12-;11-;9-;;;;;;/m0110....../s1. The van der Waals surface area contributed by atoms with Gasteiger partial charge in [0, 0.05) is 58.8 Å². The van der Waals surface area contributed by atoms with Crippen molar-refractivity contribution in [3.63, 3.8) is 0 Å².